The lowest BCUT2D eigenvalue weighted by Crippen LogP contribution is -1.95. The predicted octanol–water partition coefficient (Wildman–Crippen LogP) is 11.2. The smallest absolute Gasteiger partial charge is 0.0619 e. The largest absolute Gasteiger partial charge is 0.309 e. The molecule has 3 heteroatoms. The van der Waals surface area contributed by atoms with Crippen LogP contribution >= 0.6 is 0 Å². The van der Waals surface area contributed by atoms with Crippen molar-refractivity contribution in [2.24, 2.45) is 0 Å². The third-order valence-corrected chi connectivity index (χ3v) is 9.56. The molecule has 7 aromatic carbocycles. The van der Waals surface area contributed by atoms with Crippen LogP contribution in [0.1, 0.15) is 0 Å². The molecule has 46 heavy (non-hydrogen) atoms. The zero-order valence-electron chi connectivity index (χ0n) is 24.9. The molecule has 3 heterocycles. The van der Waals surface area contributed by atoms with Crippen molar-refractivity contribution in [2.75, 3.05) is 0 Å². The van der Waals surface area contributed by atoms with Gasteiger partial charge >= 0.3 is 0 Å². The maximum Gasteiger partial charge on any atom is 0.0619 e. The highest BCUT2D eigenvalue weighted by atomic mass is 15.0. The molecular formula is C43H27N3. The molecule has 0 aliphatic rings. The lowest BCUT2D eigenvalue weighted by atomic mass is 10.0. The first kappa shape index (κ1) is 25.2. The topological polar surface area (TPSA) is 22.8 Å². The lowest BCUT2D eigenvalue weighted by molar-refractivity contribution is 1.18. The van der Waals surface area contributed by atoms with Gasteiger partial charge in [0.15, 0.2) is 0 Å². The minimum atomic E-state index is 1.14. The molecule has 214 valence electrons. The summed E-state index contributed by atoms with van der Waals surface area (Å²) in [6, 6.07) is 55.0. The molecule has 0 bridgehead atoms. The van der Waals surface area contributed by atoms with E-state index in [1.54, 1.807) is 0 Å². The van der Waals surface area contributed by atoms with Crippen LogP contribution in [0.5, 0.6) is 0 Å². The molecule has 0 atom stereocenters. The molecule has 0 radical (unpaired) electrons. The van der Waals surface area contributed by atoms with Gasteiger partial charge in [-0.15, -0.1) is 0 Å². The molecule has 10 aromatic rings. The van der Waals surface area contributed by atoms with E-state index in [1.165, 1.54) is 65.5 Å². The highest BCUT2D eigenvalue weighted by molar-refractivity contribution is 6.22. The van der Waals surface area contributed by atoms with Gasteiger partial charge in [-0.2, -0.15) is 0 Å². The van der Waals surface area contributed by atoms with Gasteiger partial charge in [-0.05, 0) is 64.9 Å². The van der Waals surface area contributed by atoms with Gasteiger partial charge in [0.1, 0.15) is 0 Å². The Bertz CT molecular complexity index is 2780. The van der Waals surface area contributed by atoms with Crippen LogP contribution in [0.2, 0.25) is 0 Å². The molecule has 3 aromatic heterocycles. The maximum absolute atomic E-state index is 4.53. The molecular weight excluding hydrogens is 558 g/mol. The van der Waals surface area contributed by atoms with E-state index in [9.17, 15) is 0 Å². The van der Waals surface area contributed by atoms with Crippen molar-refractivity contribution in [3.63, 3.8) is 0 Å². The molecule has 3 nitrogen and oxygen atoms in total. The highest BCUT2D eigenvalue weighted by Gasteiger charge is 2.18. The fraction of sp³-hybridized carbons (Fsp3) is 0. The standard InChI is InChI=1S/C43H27N3/c1-2-11-31(12-3-1)46-41-17-9-6-14-34(41)36-23-20-29-24-42-38(25-37(29)43(36)46)35-15-7-8-16-40(35)45(42)32-21-18-28(19-22-32)39-27-44-26-30-10-4-5-13-33(30)39/h1-27H. The van der Waals surface area contributed by atoms with Crippen LogP contribution in [0.25, 0.3) is 87.7 Å². The third-order valence-electron chi connectivity index (χ3n) is 9.56. The number of para-hydroxylation sites is 3. The molecule has 0 aliphatic heterocycles. The molecule has 0 aliphatic carbocycles. The van der Waals surface area contributed by atoms with Gasteiger partial charge in [-0.1, -0.05) is 103 Å². The van der Waals surface area contributed by atoms with Crippen molar-refractivity contribution in [1.29, 1.82) is 0 Å². The Morgan fingerprint density at radius 1 is 0.370 bits per heavy atom. The van der Waals surface area contributed by atoms with E-state index in [1.807, 2.05) is 12.4 Å². The van der Waals surface area contributed by atoms with Crippen LogP contribution in [0.4, 0.5) is 0 Å². The second-order valence-corrected chi connectivity index (χ2v) is 12.0. The summed E-state index contributed by atoms with van der Waals surface area (Å²) in [5.41, 5.74) is 9.50. The molecule has 0 saturated carbocycles. The van der Waals surface area contributed by atoms with Gasteiger partial charge < -0.3 is 9.13 Å². The number of pyridine rings is 1. The average molecular weight is 586 g/mol. The number of hydrogen-bond acceptors (Lipinski definition) is 1. The molecule has 10 rings (SSSR count). The Morgan fingerprint density at radius 2 is 1.02 bits per heavy atom. The van der Waals surface area contributed by atoms with Crippen LogP contribution in [0.3, 0.4) is 0 Å². The maximum atomic E-state index is 4.53. The summed E-state index contributed by atoms with van der Waals surface area (Å²) in [7, 11) is 0. The van der Waals surface area contributed by atoms with Gasteiger partial charge in [0.25, 0.3) is 0 Å². The Kier molecular flexibility index (Phi) is 5.28. The molecule has 0 fully saturated rings. The first-order chi connectivity index (χ1) is 22.8. The number of rotatable bonds is 3. The van der Waals surface area contributed by atoms with E-state index < -0.39 is 0 Å². The van der Waals surface area contributed by atoms with E-state index in [-0.39, 0.29) is 0 Å². The van der Waals surface area contributed by atoms with Gasteiger partial charge in [0.05, 0.1) is 22.1 Å². The van der Waals surface area contributed by atoms with Crippen molar-refractivity contribution >= 4 is 65.2 Å². The second-order valence-electron chi connectivity index (χ2n) is 12.0. The van der Waals surface area contributed by atoms with Crippen molar-refractivity contribution in [2.45, 2.75) is 0 Å². The average Bonchev–Trinajstić information content (AvgIpc) is 3.64. The Morgan fingerprint density at radius 3 is 1.83 bits per heavy atom. The van der Waals surface area contributed by atoms with E-state index >= 15 is 0 Å². The number of nitrogens with zero attached hydrogens (tertiary/aromatic N) is 3. The number of fused-ring (bicyclic) bond motifs is 9. The Labute approximate surface area is 265 Å². The molecule has 0 N–H and O–H groups in total. The monoisotopic (exact) mass is 585 g/mol. The van der Waals surface area contributed by atoms with Crippen molar-refractivity contribution in [3.8, 4) is 22.5 Å². The second kappa shape index (κ2) is 9.65. The minimum Gasteiger partial charge on any atom is -0.309 e. The number of hydrogen-bond donors (Lipinski definition) is 0. The van der Waals surface area contributed by atoms with Gasteiger partial charge in [0, 0.05) is 61.6 Å². The summed E-state index contributed by atoms with van der Waals surface area (Å²) in [6.45, 7) is 0. The minimum absolute atomic E-state index is 1.14. The van der Waals surface area contributed by atoms with E-state index in [0.29, 0.717) is 0 Å². The van der Waals surface area contributed by atoms with Crippen LogP contribution in [-0.2, 0) is 0 Å². The van der Waals surface area contributed by atoms with Crippen molar-refractivity contribution in [3.05, 3.63) is 164 Å². The number of benzene rings is 7. The molecule has 0 spiro atoms. The summed E-state index contributed by atoms with van der Waals surface area (Å²) in [4.78, 5) is 4.53. The van der Waals surface area contributed by atoms with Gasteiger partial charge in [0.2, 0.25) is 0 Å². The Hall–Kier alpha value is -6.19. The third kappa shape index (κ3) is 3.57. The normalized spacial score (nSPS) is 11.9. The van der Waals surface area contributed by atoms with Crippen molar-refractivity contribution < 1.29 is 0 Å². The lowest BCUT2D eigenvalue weighted by Gasteiger charge is -2.12. The highest BCUT2D eigenvalue weighted by Crippen LogP contribution is 2.41. The first-order valence-corrected chi connectivity index (χ1v) is 15.7. The van der Waals surface area contributed by atoms with Crippen LogP contribution in [0, 0.1) is 0 Å². The predicted molar refractivity (Wildman–Crippen MR) is 193 cm³/mol. The fourth-order valence-corrected chi connectivity index (χ4v) is 7.51. The van der Waals surface area contributed by atoms with Crippen LogP contribution < -0.4 is 0 Å². The SMILES string of the molecule is c1ccc(-n2c3ccccc3c3ccc4cc5c(cc4c32)c2ccccc2n5-c2ccc(-c3cncc4ccccc34)cc2)cc1. The number of aromatic nitrogens is 3. The summed E-state index contributed by atoms with van der Waals surface area (Å²) in [5.74, 6) is 0. The molecule has 0 saturated heterocycles. The van der Waals surface area contributed by atoms with Gasteiger partial charge in [-0.25, -0.2) is 0 Å². The first-order valence-electron chi connectivity index (χ1n) is 15.7. The van der Waals surface area contributed by atoms with E-state index in [2.05, 4.69) is 166 Å². The molecule has 0 unspecified atom stereocenters. The Balaban J connectivity index is 1.24. The molecule has 0 amide bonds. The summed E-state index contributed by atoms with van der Waals surface area (Å²) in [6.07, 6.45) is 3.90. The van der Waals surface area contributed by atoms with Crippen LogP contribution in [-0.4, -0.2) is 14.1 Å². The van der Waals surface area contributed by atoms with Gasteiger partial charge in [-0.3, -0.25) is 4.98 Å². The van der Waals surface area contributed by atoms with Crippen molar-refractivity contribution in [1.82, 2.24) is 14.1 Å². The summed E-state index contributed by atoms with van der Waals surface area (Å²) in [5, 5.41) is 9.89. The summed E-state index contributed by atoms with van der Waals surface area (Å²) < 4.78 is 4.84. The van der Waals surface area contributed by atoms with E-state index in [4.69, 9.17) is 0 Å². The fourth-order valence-electron chi connectivity index (χ4n) is 7.51. The summed E-state index contributed by atoms with van der Waals surface area (Å²) >= 11 is 0. The zero-order chi connectivity index (χ0) is 30.2. The quantitative estimate of drug-likeness (QED) is 0.202. The zero-order valence-corrected chi connectivity index (χ0v) is 24.9. The van der Waals surface area contributed by atoms with E-state index in [0.717, 1.165) is 22.2 Å². The van der Waals surface area contributed by atoms with Crippen LogP contribution in [0.15, 0.2) is 164 Å².